The summed E-state index contributed by atoms with van der Waals surface area (Å²) in [5.41, 5.74) is 5.70. The van der Waals surface area contributed by atoms with Crippen LogP contribution in [0.1, 0.15) is 12.8 Å². The van der Waals surface area contributed by atoms with Crippen molar-refractivity contribution in [1.82, 2.24) is 4.90 Å². The van der Waals surface area contributed by atoms with Crippen LogP contribution in [0.25, 0.3) is 0 Å². The molecule has 0 aliphatic carbocycles. The molecule has 0 spiro atoms. The van der Waals surface area contributed by atoms with Crippen molar-refractivity contribution in [1.29, 1.82) is 0 Å². The van der Waals surface area contributed by atoms with E-state index >= 15 is 0 Å². The molecule has 0 aromatic rings. The van der Waals surface area contributed by atoms with Gasteiger partial charge in [0, 0.05) is 19.0 Å². The zero-order valence-corrected chi connectivity index (χ0v) is 8.10. The molecule has 70 valence electrons. The van der Waals surface area contributed by atoms with Gasteiger partial charge in [0.25, 0.3) is 0 Å². The SMILES string of the molecule is N[C@@H]1CCC(=O)N([C@H](P)CO)C1. The van der Waals surface area contributed by atoms with Crippen molar-refractivity contribution in [3.63, 3.8) is 0 Å². The summed E-state index contributed by atoms with van der Waals surface area (Å²) in [6.45, 7) is 0.538. The lowest BCUT2D eigenvalue weighted by molar-refractivity contribution is -0.135. The van der Waals surface area contributed by atoms with E-state index in [1.807, 2.05) is 0 Å². The lowest BCUT2D eigenvalue weighted by atomic mass is 10.1. The molecule has 0 aromatic carbocycles. The molecule has 1 rings (SSSR count). The number of hydrogen-bond acceptors (Lipinski definition) is 3. The van der Waals surface area contributed by atoms with E-state index in [2.05, 4.69) is 9.24 Å². The van der Waals surface area contributed by atoms with Crippen molar-refractivity contribution in [2.75, 3.05) is 13.2 Å². The van der Waals surface area contributed by atoms with E-state index in [0.29, 0.717) is 13.0 Å². The van der Waals surface area contributed by atoms with Crippen LogP contribution in [0.5, 0.6) is 0 Å². The van der Waals surface area contributed by atoms with Crippen LogP contribution in [-0.2, 0) is 4.79 Å². The molecule has 0 bridgehead atoms. The summed E-state index contributed by atoms with van der Waals surface area (Å²) < 4.78 is 0. The van der Waals surface area contributed by atoms with Crippen LogP contribution in [0.15, 0.2) is 0 Å². The van der Waals surface area contributed by atoms with Crippen LogP contribution >= 0.6 is 9.24 Å². The number of nitrogens with two attached hydrogens (primary N) is 1. The van der Waals surface area contributed by atoms with Gasteiger partial charge in [-0.05, 0) is 6.42 Å². The van der Waals surface area contributed by atoms with E-state index in [9.17, 15) is 4.79 Å². The molecule has 5 heteroatoms. The minimum absolute atomic E-state index is 0.0247. The molecule has 1 aliphatic rings. The van der Waals surface area contributed by atoms with Crippen molar-refractivity contribution < 1.29 is 9.90 Å². The Labute approximate surface area is 74.3 Å². The van der Waals surface area contributed by atoms with E-state index < -0.39 is 0 Å². The van der Waals surface area contributed by atoms with E-state index in [-0.39, 0.29) is 24.3 Å². The molecule has 4 nitrogen and oxygen atoms in total. The average Bonchev–Trinajstić information content (AvgIpc) is 2.08. The monoisotopic (exact) mass is 190 g/mol. The normalized spacial score (nSPS) is 27.4. The summed E-state index contributed by atoms with van der Waals surface area (Å²) in [7, 11) is 2.44. The van der Waals surface area contributed by atoms with Gasteiger partial charge in [0.2, 0.25) is 5.91 Å². The second kappa shape index (κ2) is 4.17. The molecule has 1 amide bonds. The van der Waals surface area contributed by atoms with E-state index in [1.54, 1.807) is 4.90 Å². The van der Waals surface area contributed by atoms with Crippen LogP contribution < -0.4 is 5.73 Å². The van der Waals surface area contributed by atoms with Crippen LogP contribution in [0.4, 0.5) is 0 Å². The first-order valence-corrected chi connectivity index (χ1v) is 4.73. The highest BCUT2D eigenvalue weighted by Crippen LogP contribution is 2.16. The lowest BCUT2D eigenvalue weighted by Crippen LogP contribution is -2.49. The molecule has 1 fully saturated rings. The third kappa shape index (κ3) is 2.16. The molecule has 12 heavy (non-hydrogen) atoms. The fourth-order valence-electron chi connectivity index (χ4n) is 1.32. The number of aliphatic hydroxyl groups excluding tert-OH is 1. The molecule has 1 aliphatic heterocycles. The lowest BCUT2D eigenvalue weighted by Gasteiger charge is -2.34. The molecule has 0 aromatic heterocycles. The Morgan fingerprint density at radius 1 is 1.83 bits per heavy atom. The van der Waals surface area contributed by atoms with Crippen LogP contribution in [0, 0.1) is 0 Å². The number of nitrogens with zero attached hydrogens (tertiary/aromatic N) is 1. The molecular formula is C7H15N2O2P. The molecule has 3 N–H and O–H groups in total. The number of amides is 1. The zero-order chi connectivity index (χ0) is 9.14. The van der Waals surface area contributed by atoms with Gasteiger partial charge in [0.1, 0.15) is 0 Å². The van der Waals surface area contributed by atoms with E-state index in [4.69, 9.17) is 10.8 Å². The third-order valence-electron chi connectivity index (χ3n) is 2.07. The summed E-state index contributed by atoms with van der Waals surface area (Å²) >= 11 is 0. The van der Waals surface area contributed by atoms with Gasteiger partial charge in [0.15, 0.2) is 0 Å². The summed E-state index contributed by atoms with van der Waals surface area (Å²) in [4.78, 5) is 12.9. The first kappa shape index (κ1) is 9.90. The number of carbonyl (C=O) groups is 1. The summed E-state index contributed by atoms with van der Waals surface area (Å²) in [5.74, 6) is -0.0883. The van der Waals surface area contributed by atoms with E-state index in [0.717, 1.165) is 6.42 Å². The maximum atomic E-state index is 11.3. The highest BCUT2D eigenvalue weighted by Gasteiger charge is 2.26. The number of piperidine rings is 1. The van der Waals surface area contributed by atoms with Gasteiger partial charge in [-0.2, -0.15) is 0 Å². The summed E-state index contributed by atoms with van der Waals surface area (Å²) in [5, 5.41) is 8.84. The van der Waals surface area contributed by atoms with Crippen LogP contribution in [0.2, 0.25) is 0 Å². The molecule has 0 radical (unpaired) electrons. The number of likely N-dealkylation sites (tertiary alicyclic amines) is 1. The molecular weight excluding hydrogens is 175 g/mol. The largest absolute Gasteiger partial charge is 0.394 e. The van der Waals surface area contributed by atoms with Crippen LogP contribution in [0.3, 0.4) is 0 Å². The highest BCUT2D eigenvalue weighted by atomic mass is 31.0. The number of rotatable bonds is 2. The number of aliphatic hydroxyl groups is 1. The van der Waals surface area contributed by atoms with Gasteiger partial charge in [-0.15, -0.1) is 9.24 Å². The molecule has 1 heterocycles. The second-order valence-electron chi connectivity index (χ2n) is 3.09. The van der Waals surface area contributed by atoms with Gasteiger partial charge in [0.05, 0.1) is 12.4 Å². The third-order valence-corrected chi connectivity index (χ3v) is 2.64. The molecule has 0 saturated carbocycles. The smallest absolute Gasteiger partial charge is 0.223 e. The Balaban J connectivity index is 2.54. The number of hydrogen-bond donors (Lipinski definition) is 2. The quantitative estimate of drug-likeness (QED) is 0.556. The Morgan fingerprint density at radius 3 is 3.08 bits per heavy atom. The minimum atomic E-state index is -0.177. The highest BCUT2D eigenvalue weighted by molar-refractivity contribution is 7.17. The van der Waals surface area contributed by atoms with Crippen molar-refractivity contribution in [3.05, 3.63) is 0 Å². The maximum Gasteiger partial charge on any atom is 0.223 e. The summed E-state index contributed by atoms with van der Waals surface area (Å²) in [6, 6.07) is 0.0669. The maximum absolute atomic E-state index is 11.3. The molecule has 3 atom stereocenters. The van der Waals surface area contributed by atoms with Gasteiger partial charge < -0.3 is 15.7 Å². The Morgan fingerprint density at radius 2 is 2.50 bits per heavy atom. The predicted molar refractivity (Wildman–Crippen MR) is 49.5 cm³/mol. The molecule has 1 unspecified atom stereocenters. The first-order valence-electron chi connectivity index (χ1n) is 4.06. The minimum Gasteiger partial charge on any atom is -0.394 e. The summed E-state index contributed by atoms with van der Waals surface area (Å²) in [6.07, 6.45) is 1.27. The van der Waals surface area contributed by atoms with Crippen molar-refractivity contribution in [2.24, 2.45) is 5.73 Å². The van der Waals surface area contributed by atoms with Gasteiger partial charge in [-0.25, -0.2) is 0 Å². The second-order valence-corrected chi connectivity index (χ2v) is 3.86. The van der Waals surface area contributed by atoms with Gasteiger partial charge >= 0.3 is 0 Å². The fourth-order valence-corrected chi connectivity index (χ4v) is 1.61. The van der Waals surface area contributed by atoms with Crippen molar-refractivity contribution in [2.45, 2.75) is 24.7 Å². The molecule has 1 saturated heterocycles. The van der Waals surface area contributed by atoms with Gasteiger partial charge in [-0.3, -0.25) is 4.79 Å². The van der Waals surface area contributed by atoms with Crippen molar-refractivity contribution in [3.8, 4) is 0 Å². The Bertz CT molecular complexity index is 177. The Hall–Kier alpha value is -0.180. The Kier molecular flexibility index (Phi) is 3.44. The first-order chi connectivity index (χ1) is 5.65. The topological polar surface area (TPSA) is 66.6 Å². The standard InChI is InChI=1S/C7H15N2O2P/c8-5-1-2-6(11)9(3-5)7(12)4-10/h5,7,10H,1-4,8,12H2/t5-,7-/m1/s1. The van der Waals surface area contributed by atoms with Crippen molar-refractivity contribution >= 4 is 15.1 Å². The fraction of sp³-hybridized carbons (Fsp3) is 0.857. The number of carbonyl (C=O) groups excluding carboxylic acids is 1. The van der Waals surface area contributed by atoms with Crippen LogP contribution in [-0.4, -0.2) is 40.9 Å². The predicted octanol–water partition coefficient (Wildman–Crippen LogP) is -0.870. The average molecular weight is 190 g/mol. The van der Waals surface area contributed by atoms with E-state index in [1.165, 1.54) is 0 Å². The van der Waals surface area contributed by atoms with Gasteiger partial charge in [-0.1, -0.05) is 0 Å². The zero-order valence-electron chi connectivity index (χ0n) is 6.94.